The van der Waals surface area contributed by atoms with Crippen LogP contribution in [0.1, 0.15) is 28.2 Å². The molecular weight excluding hydrogens is 414 g/mol. The minimum Gasteiger partial charge on any atom is -0.496 e. The van der Waals surface area contributed by atoms with Crippen molar-refractivity contribution in [1.82, 2.24) is 14.9 Å². The average Bonchev–Trinajstić information content (AvgIpc) is 3.19. The minimum atomic E-state index is -0.132. The number of aromatic nitrogens is 2. The lowest BCUT2D eigenvalue weighted by molar-refractivity contribution is 0.0950. The summed E-state index contributed by atoms with van der Waals surface area (Å²) in [6.07, 6.45) is 1.54. The number of methoxy groups -OCH3 is 1. The second-order valence-electron chi connectivity index (χ2n) is 7.89. The predicted molar refractivity (Wildman–Crippen MR) is 130 cm³/mol. The molecule has 0 aliphatic rings. The number of ether oxygens (including phenoxy) is 2. The van der Waals surface area contributed by atoms with Crippen LogP contribution in [0.2, 0.25) is 0 Å². The fourth-order valence-electron chi connectivity index (χ4n) is 3.90. The number of nitrogens with one attached hydrogen (secondary N) is 1. The number of amides is 1. The van der Waals surface area contributed by atoms with Crippen molar-refractivity contribution in [3.63, 3.8) is 0 Å². The number of rotatable bonds is 10. The summed E-state index contributed by atoms with van der Waals surface area (Å²) in [6.45, 7) is 3.87. The molecule has 4 aromatic rings. The third-order valence-corrected chi connectivity index (χ3v) is 5.52. The van der Waals surface area contributed by atoms with E-state index in [9.17, 15) is 4.79 Å². The summed E-state index contributed by atoms with van der Waals surface area (Å²) < 4.78 is 13.5. The zero-order chi connectivity index (χ0) is 23.0. The Morgan fingerprint density at radius 2 is 1.85 bits per heavy atom. The van der Waals surface area contributed by atoms with Crippen LogP contribution < -0.4 is 14.8 Å². The summed E-state index contributed by atoms with van der Waals surface area (Å²) in [5, 5.41) is 2.99. The summed E-state index contributed by atoms with van der Waals surface area (Å²) in [6, 6.07) is 23.4. The Labute approximate surface area is 194 Å². The SMILES string of the molecule is COc1ccccc1C(=O)NCCCc1nc2ccccc2n1CCOc1cccc(C)c1. The van der Waals surface area contributed by atoms with Crippen LogP contribution in [-0.2, 0) is 13.0 Å². The lowest BCUT2D eigenvalue weighted by atomic mass is 10.2. The fraction of sp³-hybridized carbons (Fsp3) is 0.259. The number of imidazole rings is 1. The molecule has 0 bridgehead atoms. The number of aryl methyl sites for hydroxylation is 2. The normalized spacial score (nSPS) is 10.8. The highest BCUT2D eigenvalue weighted by molar-refractivity contribution is 5.96. The number of carbonyl (C=O) groups is 1. The molecule has 1 aromatic heterocycles. The van der Waals surface area contributed by atoms with E-state index in [1.807, 2.05) is 48.5 Å². The van der Waals surface area contributed by atoms with Crippen molar-refractivity contribution in [2.24, 2.45) is 0 Å². The van der Waals surface area contributed by atoms with Crippen molar-refractivity contribution in [1.29, 1.82) is 0 Å². The van der Waals surface area contributed by atoms with Gasteiger partial charge in [-0.15, -0.1) is 0 Å². The summed E-state index contributed by atoms with van der Waals surface area (Å²) in [4.78, 5) is 17.3. The lowest BCUT2D eigenvalue weighted by Crippen LogP contribution is -2.25. The first-order chi connectivity index (χ1) is 16.2. The van der Waals surface area contributed by atoms with Crippen LogP contribution in [0.15, 0.2) is 72.8 Å². The molecule has 1 amide bonds. The summed E-state index contributed by atoms with van der Waals surface area (Å²) in [5.41, 5.74) is 3.79. The molecule has 0 spiro atoms. The molecule has 33 heavy (non-hydrogen) atoms. The highest BCUT2D eigenvalue weighted by Crippen LogP contribution is 2.19. The van der Waals surface area contributed by atoms with Crippen LogP contribution in [0, 0.1) is 6.92 Å². The van der Waals surface area contributed by atoms with Gasteiger partial charge in [0.15, 0.2) is 0 Å². The molecule has 4 rings (SSSR count). The summed E-state index contributed by atoms with van der Waals surface area (Å²) >= 11 is 0. The third kappa shape index (κ3) is 5.52. The fourth-order valence-corrected chi connectivity index (χ4v) is 3.90. The van der Waals surface area contributed by atoms with Gasteiger partial charge in [0.2, 0.25) is 0 Å². The quantitative estimate of drug-likeness (QED) is 0.358. The summed E-state index contributed by atoms with van der Waals surface area (Å²) in [5.74, 6) is 2.31. The standard InChI is InChI=1S/C27H29N3O3/c1-20-9-7-10-21(19-20)33-18-17-30-24-13-5-4-12-23(24)29-26(30)15-8-16-28-27(31)22-11-3-6-14-25(22)32-2/h3-7,9-14,19H,8,15-18H2,1-2H3,(H,28,31). The first-order valence-electron chi connectivity index (χ1n) is 11.2. The first-order valence-corrected chi connectivity index (χ1v) is 11.2. The molecule has 3 aromatic carbocycles. The second-order valence-corrected chi connectivity index (χ2v) is 7.89. The van der Waals surface area contributed by atoms with Crippen LogP contribution in [0.25, 0.3) is 11.0 Å². The van der Waals surface area contributed by atoms with Crippen molar-refractivity contribution in [2.45, 2.75) is 26.3 Å². The molecule has 0 aliphatic heterocycles. The molecule has 0 saturated heterocycles. The summed E-state index contributed by atoms with van der Waals surface area (Å²) in [7, 11) is 1.57. The number of para-hydroxylation sites is 3. The molecule has 6 heteroatoms. The van der Waals surface area contributed by atoms with Gasteiger partial charge in [-0.1, -0.05) is 36.4 Å². The Balaban J connectivity index is 1.37. The van der Waals surface area contributed by atoms with E-state index in [1.165, 1.54) is 5.56 Å². The second kappa shape index (κ2) is 10.7. The number of benzene rings is 3. The van der Waals surface area contributed by atoms with Crippen LogP contribution in [0.3, 0.4) is 0 Å². The maximum absolute atomic E-state index is 12.5. The van der Waals surface area contributed by atoms with E-state index in [-0.39, 0.29) is 5.91 Å². The van der Waals surface area contributed by atoms with E-state index in [2.05, 4.69) is 28.9 Å². The molecule has 0 aliphatic carbocycles. The van der Waals surface area contributed by atoms with Crippen LogP contribution in [0.5, 0.6) is 11.5 Å². The van der Waals surface area contributed by atoms with E-state index in [1.54, 1.807) is 19.2 Å². The Morgan fingerprint density at radius 1 is 1.03 bits per heavy atom. The van der Waals surface area contributed by atoms with Gasteiger partial charge >= 0.3 is 0 Å². The molecule has 0 fully saturated rings. The van der Waals surface area contributed by atoms with Crippen LogP contribution in [0.4, 0.5) is 0 Å². The topological polar surface area (TPSA) is 65.4 Å². The van der Waals surface area contributed by atoms with Crippen molar-refractivity contribution in [2.75, 3.05) is 20.3 Å². The van der Waals surface area contributed by atoms with E-state index < -0.39 is 0 Å². The maximum atomic E-state index is 12.5. The molecule has 6 nitrogen and oxygen atoms in total. The third-order valence-electron chi connectivity index (χ3n) is 5.52. The van der Waals surface area contributed by atoms with Gasteiger partial charge in [0.05, 0.1) is 30.3 Å². The Hall–Kier alpha value is -3.80. The smallest absolute Gasteiger partial charge is 0.255 e. The zero-order valence-electron chi connectivity index (χ0n) is 19.1. The van der Waals surface area contributed by atoms with Crippen molar-refractivity contribution >= 4 is 16.9 Å². The Morgan fingerprint density at radius 3 is 2.70 bits per heavy atom. The number of nitrogens with zero attached hydrogens (tertiary/aromatic N) is 2. The minimum absolute atomic E-state index is 0.132. The average molecular weight is 444 g/mol. The van der Waals surface area contributed by atoms with Gasteiger partial charge in [-0.05, 0) is 55.3 Å². The van der Waals surface area contributed by atoms with Gasteiger partial charge in [-0.25, -0.2) is 4.98 Å². The number of fused-ring (bicyclic) bond motifs is 1. The van der Waals surface area contributed by atoms with Gasteiger partial charge in [-0.2, -0.15) is 0 Å². The highest BCUT2D eigenvalue weighted by atomic mass is 16.5. The molecule has 0 atom stereocenters. The van der Waals surface area contributed by atoms with Gasteiger partial charge < -0.3 is 19.4 Å². The van der Waals surface area contributed by atoms with Gasteiger partial charge in [0, 0.05) is 13.0 Å². The Kier molecular flexibility index (Phi) is 7.25. The molecule has 170 valence electrons. The lowest BCUT2D eigenvalue weighted by Gasteiger charge is -2.12. The number of hydrogen-bond donors (Lipinski definition) is 1. The predicted octanol–water partition coefficient (Wildman–Crippen LogP) is 4.79. The van der Waals surface area contributed by atoms with E-state index in [0.29, 0.717) is 31.0 Å². The van der Waals surface area contributed by atoms with E-state index >= 15 is 0 Å². The molecule has 0 radical (unpaired) electrons. The van der Waals surface area contributed by atoms with Crippen molar-refractivity contribution in [3.05, 3.63) is 89.7 Å². The number of hydrogen-bond acceptors (Lipinski definition) is 4. The zero-order valence-corrected chi connectivity index (χ0v) is 19.1. The van der Waals surface area contributed by atoms with Gasteiger partial charge in [0.25, 0.3) is 5.91 Å². The molecule has 1 heterocycles. The van der Waals surface area contributed by atoms with Gasteiger partial charge in [-0.3, -0.25) is 4.79 Å². The largest absolute Gasteiger partial charge is 0.496 e. The van der Waals surface area contributed by atoms with Crippen molar-refractivity contribution in [3.8, 4) is 11.5 Å². The molecule has 1 N–H and O–H groups in total. The molecular formula is C27H29N3O3. The van der Waals surface area contributed by atoms with Crippen molar-refractivity contribution < 1.29 is 14.3 Å². The number of carbonyl (C=O) groups excluding carboxylic acids is 1. The maximum Gasteiger partial charge on any atom is 0.255 e. The van der Waals surface area contributed by atoms with Crippen LogP contribution >= 0.6 is 0 Å². The van der Waals surface area contributed by atoms with Crippen LogP contribution in [-0.4, -0.2) is 35.7 Å². The molecule has 0 saturated carbocycles. The monoisotopic (exact) mass is 443 g/mol. The molecule has 0 unspecified atom stereocenters. The van der Waals surface area contributed by atoms with Gasteiger partial charge in [0.1, 0.15) is 23.9 Å². The van der Waals surface area contributed by atoms with E-state index in [4.69, 9.17) is 14.5 Å². The Bertz CT molecular complexity index is 1230. The van der Waals surface area contributed by atoms with E-state index in [0.717, 1.165) is 35.4 Å². The first kappa shape index (κ1) is 22.4. The highest BCUT2D eigenvalue weighted by Gasteiger charge is 2.13.